The van der Waals surface area contributed by atoms with E-state index in [4.69, 9.17) is 5.11 Å². The normalized spacial score (nSPS) is 39.0. The van der Waals surface area contributed by atoms with Crippen molar-refractivity contribution in [3.8, 4) is 0 Å². The lowest BCUT2D eigenvalue weighted by molar-refractivity contribution is 0.199. The fourth-order valence-corrected chi connectivity index (χ4v) is 2.20. The molecule has 2 aliphatic rings. The average Bonchev–Trinajstić information content (AvgIpc) is 2.46. The molecule has 0 bridgehead atoms. The van der Waals surface area contributed by atoms with Crippen molar-refractivity contribution in [1.29, 1.82) is 0 Å². The minimum absolute atomic E-state index is 0.368. The number of fused-ring (bicyclic) bond motifs is 1. The summed E-state index contributed by atoms with van der Waals surface area (Å²) >= 11 is 0. The standard InChI is InChI=1S/C8H16N2O/c11-6-7-3-8-4-9-1-2-10(8)5-7/h7-9,11H,1-6H2/t7-,8-/m1/s1. The summed E-state index contributed by atoms with van der Waals surface area (Å²) in [5.41, 5.74) is 0. The zero-order valence-electron chi connectivity index (χ0n) is 6.79. The van der Waals surface area contributed by atoms with Crippen LogP contribution in [-0.2, 0) is 0 Å². The van der Waals surface area contributed by atoms with Gasteiger partial charge in [-0.2, -0.15) is 0 Å². The second-order valence-corrected chi connectivity index (χ2v) is 3.64. The number of aliphatic hydroxyl groups is 1. The predicted octanol–water partition coefficient (Wildman–Crippen LogP) is -0.728. The van der Waals surface area contributed by atoms with Crippen LogP contribution in [0.15, 0.2) is 0 Å². The fourth-order valence-electron chi connectivity index (χ4n) is 2.20. The van der Waals surface area contributed by atoms with E-state index in [1.165, 1.54) is 13.0 Å². The Morgan fingerprint density at radius 1 is 1.55 bits per heavy atom. The van der Waals surface area contributed by atoms with E-state index < -0.39 is 0 Å². The molecule has 0 saturated carbocycles. The molecule has 0 aromatic rings. The van der Waals surface area contributed by atoms with Crippen LogP contribution < -0.4 is 5.32 Å². The van der Waals surface area contributed by atoms with Gasteiger partial charge in [0, 0.05) is 38.8 Å². The molecule has 2 N–H and O–H groups in total. The number of nitrogens with one attached hydrogen (secondary N) is 1. The predicted molar refractivity (Wildman–Crippen MR) is 43.4 cm³/mol. The van der Waals surface area contributed by atoms with E-state index >= 15 is 0 Å². The highest BCUT2D eigenvalue weighted by atomic mass is 16.3. The molecule has 3 nitrogen and oxygen atoms in total. The van der Waals surface area contributed by atoms with Gasteiger partial charge in [0.1, 0.15) is 0 Å². The maximum Gasteiger partial charge on any atom is 0.0472 e. The molecule has 3 heteroatoms. The van der Waals surface area contributed by atoms with E-state index in [0.29, 0.717) is 18.6 Å². The zero-order chi connectivity index (χ0) is 7.68. The van der Waals surface area contributed by atoms with Gasteiger partial charge in [0.25, 0.3) is 0 Å². The lowest BCUT2D eigenvalue weighted by Crippen LogP contribution is -2.47. The van der Waals surface area contributed by atoms with Crippen LogP contribution in [0.1, 0.15) is 6.42 Å². The van der Waals surface area contributed by atoms with Crippen molar-refractivity contribution in [3.63, 3.8) is 0 Å². The molecule has 2 heterocycles. The Morgan fingerprint density at radius 2 is 2.45 bits per heavy atom. The summed E-state index contributed by atoms with van der Waals surface area (Å²) in [6, 6.07) is 0.709. The quantitative estimate of drug-likeness (QED) is 0.525. The topological polar surface area (TPSA) is 35.5 Å². The van der Waals surface area contributed by atoms with Gasteiger partial charge in [-0.1, -0.05) is 0 Å². The summed E-state index contributed by atoms with van der Waals surface area (Å²) < 4.78 is 0. The Hall–Kier alpha value is -0.120. The first kappa shape index (κ1) is 7.53. The number of aliphatic hydroxyl groups excluding tert-OH is 1. The van der Waals surface area contributed by atoms with Crippen molar-refractivity contribution in [2.75, 3.05) is 32.8 Å². The molecule has 0 aliphatic carbocycles. The lowest BCUT2D eigenvalue weighted by atomic mass is 10.1. The third-order valence-electron chi connectivity index (χ3n) is 2.83. The molecular formula is C8H16N2O. The summed E-state index contributed by atoms with van der Waals surface area (Å²) in [7, 11) is 0. The van der Waals surface area contributed by atoms with Gasteiger partial charge in [0.15, 0.2) is 0 Å². The SMILES string of the molecule is OC[C@@H]1C[C@@H]2CNCCN2C1. The molecule has 2 rings (SSSR count). The Bertz CT molecular complexity index is 126. The molecule has 2 atom stereocenters. The van der Waals surface area contributed by atoms with Gasteiger partial charge in [-0.15, -0.1) is 0 Å². The molecule has 0 aromatic heterocycles. The highest BCUT2D eigenvalue weighted by Crippen LogP contribution is 2.23. The van der Waals surface area contributed by atoms with Gasteiger partial charge in [0.05, 0.1) is 0 Å². The Kier molecular flexibility index (Phi) is 2.11. The second kappa shape index (κ2) is 3.09. The monoisotopic (exact) mass is 156 g/mol. The molecule has 0 amide bonds. The third kappa shape index (κ3) is 1.41. The van der Waals surface area contributed by atoms with Crippen LogP contribution in [0.25, 0.3) is 0 Å². The first-order valence-corrected chi connectivity index (χ1v) is 4.46. The molecule has 2 fully saturated rings. The first-order valence-electron chi connectivity index (χ1n) is 4.46. The fraction of sp³-hybridized carbons (Fsp3) is 1.00. The van der Waals surface area contributed by atoms with Crippen LogP contribution in [0.4, 0.5) is 0 Å². The Balaban J connectivity index is 1.92. The van der Waals surface area contributed by atoms with Crippen molar-refractivity contribution < 1.29 is 5.11 Å². The lowest BCUT2D eigenvalue weighted by Gasteiger charge is -2.29. The first-order chi connectivity index (χ1) is 5.40. The molecule has 2 saturated heterocycles. The number of hydrogen-bond donors (Lipinski definition) is 2. The Morgan fingerprint density at radius 3 is 3.18 bits per heavy atom. The van der Waals surface area contributed by atoms with Crippen molar-refractivity contribution in [2.45, 2.75) is 12.5 Å². The van der Waals surface area contributed by atoms with Crippen LogP contribution in [-0.4, -0.2) is 48.8 Å². The maximum absolute atomic E-state index is 8.97. The molecule has 0 radical (unpaired) electrons. The van der Waals surface area contributed by atoms with E-state index in [2.05, 4.69) is 10.2 Å². The minimum Gasteiger partial charge on any atom is -0.396 e. The zero-order valence-corrected chi connectivity index (χ0v) is 6.79. The summed E-state index contributed by atoms with van der Waals surface area (Å²) in [4.78, 5) is 2.50. The molecule has 0 spiro atoms. The van der Waals surface area contributed by atoms with Crippen molar-refractivity contribution in [3.05, 3.63) is 0 Å². The number of piperazine rings is 1. The van der Waals surface area contributed by atoms with Gasteiger partial charge in [0.2, 0.25) is 0 Å². The number of hydrogen-bond acceptors (Lipinski definition) is 3. The Labute approximate surface area is 67.4 Å². The summed E-state index contributed by atoms with van der Waals surface area (Å²) in [6.07, 6.45) is 1.18. The van der Waals surface area contributed by atoms with Gasteiger partial charge >= 0.3 is 0 Å². The van der Waals surface area contributed by atoms with Gasteiger partial charge in [-0.3, -0.25) is 4.90 Å². The largest absolute Gasteiger partial charge is 0.396 e. The summed E-state index contributed by atoms with van der Waals surface area (Å²) in [5.74, 6) is 0.542. The molecule has 0 aromatic carbocycles. The molecule has 2 aliphatic heterocycles. The van der Waals surface area contributed by atoms with E-state index in [1.807, 2.05) is 0 Å². The molecule has 11 heavy (non-hydrogen) atoms. The van der Waals surface area contributed by atoms with Crippen LogP contribution in [0, 0.1) is 5.92 Å². The number of rotatable bonds is 1. The maximum atomic E-state index is 8.97. The highest BCUT2D eigenvalue weighted by Gasteiger charge is 2.32. The molecule has 64 valence electrons. The summed E-state index contributed by atoms with van der Waals surface area (Å²) in [6.45, 7) is 4.89. The molecule has 0 unspecified atom stereocenters. The second-order valence-electron chi connectivity index (χ2n) is 3.64. The van der Waals surface area contributed by atoms with Crippen LogP contribution in [0.2, 0.25) is 0 Å². The highest BCUT2D eigenvalue weighted by molar-refractivity contribution is 4.89. The van der Waals surface area contributed by atoms with E-state index in [0.717, 1.165) is 19.6 Å². The van der Waals surface area contributed by atoms with Crippen molar-refractivity contribution in [2.24, 2.45) is 5.92 Å². The van der Waals surface area contributed by atoms with Crippen LogP contribution >= 0.6 is 0 Å². The third-order valence-corrected chi connectivity index (χ3v) is 2.83. The molecular weight excluding hydrogens is 140 g/mol. The summed E-state index contributed by atoms with van der Waals surface area (Å²) in [5, 5.41) is 12.3. The van der Waals surface area contributed by atoms with E-state index in [9.17, 15) is 0 Å². The average molecular weight is 156 g/mol. The van der Waals surface area contributed by atoms with Gasteiger partial charge < -0.3 is 10.4 Å². The van der Waals surface area contributed by atoms with Gasteiger partial charge in [-0.25, -0.2) is 0 Å². The number of nitrogens with zero attached hydrogens (tertiary/aromatic N) is 1. The van der Waals surface area contributed by atoms with Gasteiger partial charge in [-0.05, 0) is 12.3 Å². The van der Waals surface area contributed by atoms with E-state index in [-0.39, 0.29) is 0 Å². The van der Waals surface area contributed by atoms with Crippen molar-refractivity contribution in [1.82, 2.24) is 10.2 Å². The minimum atomic E-state index is 0.368. The van der Waals surface area contributed by atoms with Crippen LogP contribution in [0.5, 0.6) is 0 Å². The smallest absolute Gasteiger partial charge is 0.0472 e. The van der Waals surface area contributed by atoms with E-state index in [1.54, 1.807) is 0 Å². The van der Waals surface area contributed by atoms with Crippen molar-refractivity contribution >= 4 is 0 Å². The van der Waals surface area contributed by atoms with Crippen LogP contribution in [0.3, 0.4) is 0 Å².